The lowest BCUT2D eigenvalue weighted by Crippen LogP contribution is -2.15. The van der Waals surface area contributed by atoms with Gasteiger partial charge in [-0.15, -0.1) is 10.2 Å². The molecule has 0 saturated carbocycles. The van der Waals surface area contributed by atoms with Gasteiger partial charge >= 0.3 is 0 Å². The van der Waals surface area contributed by atoms with Crippen LogP contribution in [0.2, 0.25) is 0 Å². The predicted molar refractivity (Wildman–Crippen MR) is 124 cm³/mol. The van der Waals surface area contributed by atoms with Gasteiger partial charge in [-0.05, 0) is 68.7 Å². The first kappa shape index (κ1) is 22.4. The summed E-state index contributed by atoms with van der Waals surface area (Å²) < 4.78 is 8.94. The number of halogens is 1. The Morgan fingerprint density at radius 1 is 1.13 bits per heavy atom. The molecule has 3 rings (SSSR count). The van der Waals surface area contributed by atoms with Gasteiger partial charge in [0.25, 0.3) is 0 Å². The molecule has 3 aromatic rings. The van der Waals surface area contributed by atoms with Crippen LogP contribution in [0.1, 0.15) is 29.4 Å². The Labute approximate surface area is 189 Å². The summed E-state index contributed by atoms with van der Waals surface area (Å²) in [5, 5.41) is 12.2. The van der Waals surface area contributed by atoms with E-state index in [2.05, 4.69) is 37.5 Å². The molecule has 1 N–H and O–H groups in total. The Hall–Kier alpha value is -2.32. The highest BCUT2D eigenvalue weighted by molar-refractivity contribution is 9.10. The molecule has 6 nitrogen and oxygen atoms in total. The predicted octanol–water partition coefficient (Wildman–Crippen LogP) is 5.30. The molecule has 0 saturated heterocycles. The van der Waals surface area contributed by atoms with Crippen molar-refractivity contribution in [2.24, 2.45) is 0 Å². The largest absolute Gasteiger partial charge is 0.485 e. The Balaban J connectivity index is 1.61. The summed E-state index contributed by atoms with van der Waals surface area (Å²) >= 11 is 4.80. The lowest BCUT2D eigenvalue weighted by atomic mass is 10.1. The van der Waals surface area contributed by atoms with E-state index in [1.807, 2.05) is 62.6 Å². The maximum Gasteiger partial charge on any atom is 0.234 e. The molecule has 0 unspecified atom stereocenters. The number of nitrogens with zero attached hydrogens (tertiary/aromatic N) is 3. The van der Waals surface area contributed by atoms with E-state index in [9.17, 15) is 4.79 Å². The van der Waals surface area contributed by atoms with E-state index in [4.69, 9.17) is 4.74 Å². The highest BCUT2D eigenvalue weighted by atomic mass is 79.9. The normalized spacial score (nSPS) is 10.8. The minimum absolute atomic E-state index is 0.0794. The molecule has 1 aromatic heterocycles. The molecule has 1 amide bonds. The highest BCUT2D eigenvalue weighted by Gasteiger charge is 2.14. The first-order valence-corrected chi connectivity index (χ1v) is 11.5. The third-order valence-corrected chi connectivity index (χ3v) is 6.07. The number of benzene rings is 2. The summed E-state index contributed by atoms with van der Waals surface area (Å²) in [5.74, 6) is 1.76. The lowest BCUT2D eigenvalue weighted by Gasteiger charge is -2.11. The zero-order chi connectivity index (χ0) is 21.7. The van der Waals surface area contributed by atoms with E-state index in [1.54, 1.807) is 0 Å². The number of rotatable bonds is 8. The molecule has 0 fully saturated rings. The van der Waals surface area contributed by atoms with Crippen LogP contribution in [0, 0.1) is 20.8 Å². The standard InChI is InChI=1S/C22H25BrN4O2S/c1-5-27-20(12-29-19-10-14(2)6-7-15(19)3)25-26-22(27)30-13-21(28)24-18-9-8-17(23)11-16(18)4/h6-11H,5,12-13H2,1-4H3,(H,24,28). The summed E-state index contributed by atoms with van der Waals surface area (Å²) in [6.07, 6.45) is 0. The Bertz CT molecular complexity index is 1050. The van der Waals surface area contributed by atoms with Gasteiger partial charge in [-0.2, -0.15) is 0 Å². The van der Waals surface area contributed by atoms with Crippen LogP contribution in [0.3, 0.4) is 0 Å². The zero-order valence-corrected chi connectivity index (χ0v) is 19.9. The van der Waals surface area contributed by atoms with Crippen LogP contribution in [0.15, 0.2) is 46.0 Å². The number of hydrogen-bond acceptors (Lipinski definition) is 5. The Kier molecular flexibility index (Phi) is 7.55. The van der Waals surface area contributed by atoms with Crippen molar-refractivity contribution in [3.63, 3.8) is 0 Å². The highest BCUT2D eigenvalue weighted by Crippen LogP contribution is 2.23. The quantitative estimate of drug-likeness (QED) is 0.435. The average Bonchev–Trinajstić information content (AvgIpc) is 3.11. The molecule has 0 aliphatic carbocycles. The summed E-state index contributed by atoms with van der Waals surface area (Å²) in [6.45, 7) is 9.08. The van der Waals surface area contributed by atoms with Crippen molar-refractivity contribution in [3.8, 4) is 5.75 Å². The van der Waals surface area contributed by atoms with Crippen molar-refractivity contribution in [1.29, 1.82) is 0 Å². The molecule has 0 spiro atoms. The number of hydrogen-bond donors (Lipinski definition) is 1. The number of nitrogens with one attached hydrogen (secondary N) is 1. The van der Waals surface area contributed by atoms with E-state index in [0.29, 0.717) is 18.3 Å². The monoisotopic (exact) mass is 488 g/mol. The molecular weight excluding hydrogens is 464 g/mol. The van der Waals surface area contributed by atoms with Gasteiger partial charge in [0.2, 0.25) is 5.91 Å². The molecular formula is C22H25BrN4O2S. The number of anilines is 1. The number of carbonyl (C=O) groups is 1. The molecule has 158 valence electrons. The van der Waals surface area contributed by atoms with Crippen molar-refractivity contribution in [2.75, 3.05) is 11.1 Å². The summed E-state index contributed by atoms with van der Waals surface area (Å²) in [4.78, 5) is 12.4. The molecule has 0 radical (unpaired) electrons. The fourth-order valence-corrected chi connectivity index (χ4v) is 4.24. The number of aromatic nitrogens is 3. The van der Waals surface area contributed by atoms with E-state index >= 15 is 0 Å². The van der Waals surface area contributed by atoms with Crippen molar-refractivity contribution in [2.45, 2.75) is 46.0 Å². The Morgan fingerprint density at radius 2 is 1.93 bits per heavy atom. The van der Waals surface area contributed by atoms with Crippen LogP contribution in [0.4, 0.5) is 5.69 Å². The molecule has 0 bridgehead atoms. The molecule has 2 aromatic carbocycles. The maximum absolute atomic E-state index is 12.4. The number of ether oxygens (including phenoxy) is 1. The SMILES string of the molecule is CCn1c(COc2cc(C)ccc2C)nnc1SCC(=O)Nc1ccc(Br)cc1C. The van der Waals surface area contributed by atoms with E-state index in [-0.39, 0.29) is 11.7 Å². The van der Waals surface area contributed by atoms with Gasteiger partial charge in [0.15, 0.2) is 11.0 Å². The van der Waals surface area contributed by atoms with Gasteiger partial charge in [0.1, 0.15) is 12.4 Å². The molecule has 0 atom stereocenters. The fraction of sp³-hybridized carbons (Fsp3) is 0.318. The second kappa shape index (κ2) is 10.1. The van der Waals surface area contributed by atoms with Crippen LogP contribution >= 0.6 is 27.7 Å². The van der Waals surface area contributed by atoms with Gasteiger partial charge in [-0.1, -0.05) is 39.8 Å². The van der Waals surface area contributed by atoms with E-state index in [0.717, 1.165) is 38.4 Å². The fourth-order valence-electron chi connectivity index (χ4n) is 2.94. The van der Waals surface area contributed by atoms with Crippen molar-refractivity contribution < 1.29 is 9.53 Å². The second-order valence-corrected chi connectivity index (χ2v) is 8.85. The molecule has 1 heterocycles. The van der Waals surface area contributed by atoms with Crippen LogP contribution in [0.25, 0.3) is 0 Å². The smallest absolute Gasteiger partial charge is 0.234 e. The van der Waals surface area contributed by atoms with Gasteiger partial charge < -0.3 is 14.6 Å². The van der Waals surface area contributed by atoms with Gasteiger partial charge in [0.05, 0.1) is 5.75 Å². The van der Waals surface area contributed by atoms with Crippen molar-refractivity contribution in [3.05, 3.63) is 63.4 Å². The average molecular weight is 489 g/mol. The van der Waals surface area contributed by atoms with E-state index in [1.165, 1.54) is 11.8 Å². The lowest BCUT2D eigenvalue weighted by molar-refractivity contribution is -0.113. The van der Waals surface area contributed by atoms with Crippen LogP contribution in [-0.4, -0.2) is 26.4 Å². The third kappa shape index (κ3) is 5.64. The third-order valence-electron chi connectivity index (χ3n) is 4.61. The van der Waals surface area contributed by atoms with Gasteiger partial charge in [-0.3, -0.25) is 4.79 Å². The number of amides is 1. The molecule has 30 heavy (non-hydrogen) atoms. The molecule has 0 aliphatic heterocycles. The minimum Gasteiger partial charge on any atom is -0.485 e. The first-order valence-electron chi connectivity index (χ1n) is 9.68. The summed E-state index contributed by atoms with van der Waals surface area (Å²) in [6, 6.07) is 11.9. The molecule has 8 heteroatoms. The summed E-state index contributed by atoms with van der Waals surface area (Å²) in [5.41, 5.74) is 4.04. The number of aryl methyl sites for hydroxylation is 3. The van der Waals surface area contributed by atoms with Crippen LogP contribution in [0.5, 0.6) is 5.75 Å². The van der Waals surface area contributed by atoms with Crippen molar-refractivity contribution >= 4 is 39.3 Å². The first-order chi connectivity index (χ1) is 14.4. The maximum atomic E-state index is 12.4. The number of thioether (sulfide) groups is 1. The van der Waals surface area contributed by atoms with Crippen LogP contribution in [-0.2, 0) is 17.9 Å². The minimum atomic E-state index is -0.0794. The topological polar surface area (TPSA) is 69.0 Å². The molecule has 0 aliphatic rings. The van der Waals surface area contributed by atoms with Crippen LogP contribution < -0.4 is 10.1 Å². The van der Waals surface area contributed by atoms with Gasteiger partial charge in [0, 0.05) is 16.7 Å². The van der Waals surface area contributed by atoms with Crippen molar-refractivity contribution in [1.82, 2.24) is 14.8 Å². The van der Waals surface area contributed by atoms with Gasteiger partial charge in [-0.25, -0.2) is 0 Å². The Morgan fingerprint density at radius 3 is 2.67 bits per heavy atom. The second-order valence-electron chi connectivity index (χ2n) is 7.00. The zero-order valence-electron chi connectivity index (χ0n) is 17.5. The van der Waals surface area contributed by atoms with E-state index < -0.39 is 0 Å². The number of carbonyl (C=O) groups excluding carboxylic acids is 1. The summed E-state index contributed by atoms with van der Waals surface area (Å²) in [7, 11) is 0.